The summed E-state index contributed by atoms with van der Waals surface area (Å²) in [4.78, 5) is 35.4. The summed E-state index contributed by atoms with van der Waals surface area (Å²) in [7, 11) is 0. The molecule has 1 aliphatic rings. The molecule has 0 heterocycles. The molecule has 1 saturated carbocycles. The van der Waals surface area contributed by atoms with E-state index in [0.717, 1.165) is 25.7 Å². The van der Waals surface area contributed by atoms with Gasteiger partial charge in [-0.05, 0) is 12.8 Å². The van der Waals surface area contributed by atoms with Crippen LogP contribution in [-0.4, -0.2) is 30.9 Å². The van der Waals surface area contributed by atoms with Crippen molar-refractivity contribution in [2.75, 3.05) is 13.2 Å². The Balaban J connectivity index is 2.52. The first-order chi connectivity index (χ1) is 9.60. The van der Waals surface area contributed by atoms with E-state index < -0.39 is 23.8 Å². The smallest absolute Gasteiger partial charge is 0.310 e. The fourth-order valence-electron chi connectivity index (χ4n) is 2.20. The fourth-order valence-corrected chi connectivity index (χ4v) is 2.20. The maximum Gasteiger partial charge on any atom is 0.310 e. The zero-order valence-corrected chi connectivity index (χ0v) is 12.4. The lowest BCUT2D eigenvalue weighted by Gasteiger charge is -2.16. The summed E-state index contributed by atoms with van der Waals surface area (Å²) in [6.07, 6.45) is 3.63. The molecule has 1 aliphatic carbocycles. The number of carbonyl (C=O) groups excluding carboxylic acids is 3. The van der Waals surface area contributed by atoms with Crippen molar-refractivity contribution in [3.63, 3.8) is 0 Å². The highest BCUT2D eigenvalue weighted by Gasteiger charge is 2.43. The van der Waals surface area contributed by atoms with Gasteiger partial charge in [-0.3, -0.25) is 14.4 Å². The third kappa shape index (κ3) is 4.94. The van der Waals surface area contributed by atoms with Crippen LogP contribution >= 0.6 is 0 Å². The Morgan fingerprint density at radius 3 is 1.70 bits per heavy atom. The number of unbranched alkanes of at least 4 members (excludes halogenated alkanes) is 2. The molecule has 0 aromatic carbocycles. The van der Waals surface area contributed by atoms with E-state index in [-0.39, 0.29) is 18.6 Å². The van der Waals surface area contributed by atoms with Crippen LogP contribution in [0.25, 0.3) is 0 Å². The SMILES string of the molecule is CCCCOC(=O)[C@@H]1CC(=O)C[C@H]1C(=O)OCCCC. The maximum atomic E-state index is 11.9. The van der Waals surface area contributed by atoms with Crippen LogP contribution in [0, 0.1) is 11.8 Å². The molecule has 0 unspecified atom stereocenters. The number of hydrogen-bond acceptors (Lipinski definition) is 5. The van der Waals surface area contributed by atoms with Gasteiger partial charge in [0.05, 0.1) is 25.0 Å². The Morgan fingerprint density at radius 1 is 0.950 bits per heavy atom. The van der Waals surface area contributed by atoms with Crippen molar-refractivity contribution in [2.24, 2.45) is 11.8 Å². The van der Waals surface area contributed by atoms with Crippen molar-refractivity contribution in [3.8, 4) is 0 Å². The largest absolute Gasteiger partial charge is 0.465 e. The van der Waals surface area contributed by atoms with Crippen molar-refractivity contribution < 1.29 is 23.9 Å². The minimum atomic E-state index is -0.659. The Bertz CT molecular complexity index is 318. The molecule has 1 rings (SSSR count). The van der Waals surface area contributed by atoms with Crippen LogP contribution in [0.2, 0.25) is 0 Å². The molecule has 0 aromatic rings. The Hall–Kier alpha value is -1.39. The second-order valence-electron chi connectivity index (χ2n) is 5.20. The number of ether oxygens (including phenoxy) is 2. The highest BCUT2D eigenvalue weighted by molar-refractivity contribution is 5.95. The van der Waals surface area contributed by atoms with E-state index >= 15 is 0 Å². The van der Waals surface area contributed by atoms with Crippen LogP contribution in [0.15, 0.2) is 0 Å². The van der Waals surface area contributed by atoms with Crippen LogP contribution in [0.1, 0.15) is 52.4 Å². The van der Waals surface area contributed by atoms with Gasteiger partial charge in [-0.15, -0.1) is 0 Å². The van der Waals surface area contributed by atoms with E-state index in [1.807, 2.05) is 13.8 Å². The summed E-state index contributed by atoms with van der Waals surface area (Å²) >= 11 is 0. The maximum absolute atomic E-state index is 11.9. The average Bonchev–Trinajstić information content (AvgIpc) is 2.81. The number of esters is 2. The molecule has 0 aliphatic heterocycles. The first-order valence-electron chi connectivity index (χ1n) is 7.45. The summed E-state index contributed by atoms with van der Waals surface area (Å²) in [6.45, 7) is 4.69. The molecular formula is C15H24O5. The van der Waals surface area contributed by atoms with E-state index in [1.165, 1.54) is 0 Å². The summed E-state index contributed by atoms with van der Waals surface area (Å²) in [6, 6.07) is 0. The molecule has 2 atom stereocenters. The van der Waals surface area contributed by atoms with Crippen molar-refractivity contribution in [3.05, 3.63) is 0 Å². The predicted molar refractivity (Wildman–Crippen MR) is 73.0 cm³/mol. The molecule has 0 N–H and O–H groups in total. The Labute approximate surface area is 120 Å². The van der Waals surface area contributed by atoms with E-state index in [9.17, 15) is 14.4 Å². The van der Waals surface area contributed by atoms with Crippen molar-refractivity contribution >= 4 is 17.7 Å². The lowest BCUT2D eigenvalue weighted by Crippen LogP contribution is -2.29. The predicted octanol–water partition coefficient (Wildman–Crippen LogP) is 2.27. The summed E-state index contributed by atoms with van der Waals surface area (Å²) in [5.74, 6) is -2.27. The van der Waals surface area contributed by atoms with Gasteiger partial charge in [0.2, 0.25) is 0 Å². The van der Waals surface area contributed by atoms with Gasteiger partial charge in [-0.2, -0.15) is 0 Å². The van der Waals surface area contributed by atoms with Crippen LogP contribution in [0.3, 0.4) is 0 Å². The highest BCUT2D eigenvalue weighted by atomic mass is 16.5. The van der Waals surface area contributed by atoms with E-state index in [1.54, 1.807) is 0 Å². The number of hydrogen-bond donors (Lipinski definition) is 0. The Morgan fingerprint density at radius 2 is 1.35 bits per heavy atom. The van der Waals surface area contributed by atoms with Gasteiger partial charge in [-0.1, -0.05) is 26.7 Å². The monoisotopic (exact) mass is 284 g/mol. The highest BCUT2D eigenvalue weighted by Crippen LogP contribution is 2.31. The third-order valence-corrected chi connectivity index (χ3v) is 3.47. The molecule has 5 nitrogen and oxygen atoms in total. The molecule has 0 saturated heterocycles. The first-order valence-corrected chi connectivity index (χ1v) is 7.45. The molecule has 20 heavy (non-hydrogen) atoms. The summed E-state index contributed by atoms with van der Waals surface area (Å²) in [5.41, 5.74) is 0. The standard InChI is InChI=1S/C15H24O5/c1-3-5-7-19-14(17)12-9-11(16)10-13(12)15(18)20-8-6-4-2/h12-13H,3-10H2,1-2H3/t12-,13-/m1/s1. The first kappa shape index (κ1) is 16.7. The fraction of sp³-hybridized carbons (Fsp3) is 0.800. The minimum Gasteiger partial charge on any atom is -0.465 e. The van der Waals surface area contributed by atoms with Crippen molar-refractivity contribution in [1.82, 2.24) is 0 Å². The van der Waals surface area contributed by atoms with E-state index in [4.69, 9.17) is 9.47 Å². The molecule has 5 heteroatoms. The molecular weight excluding hydrogens is 260 g/mol. The van der Waals surface area contributed by atoms with Crippen LogP contribution in [0.5, 0.6) is 0 Å². The van der Waals surface area contributed by atoms with Gasteiger partial charge in [0.1, 0.15) is 5.78 Å². The van der Waals surface area contributed by atoms with Gasteiger partial charge < -0.3 is 9.47 Å². The van der Waals surface area contributed by atoms with Gasteiger partial charge in [0, 0.05) is 12.8 Å². The second kappa shape index (κ2) is 8.72. The molecule has 0 amide bonds. The second-order valence-corrected chi connectivity index (χ2v) is 5.20. The van der Waals surface area contributed by atoms with Crippen LogP contribution < -0.4 is 0 Å². The number of Topliss-reactive ketones (excluding diaryl/α,β-unsaturated/α-hetero) is 1. The lowest BCUT2D eigenvalue weighted by molar-refractivity contribution is -0.159. The molecule has 114 valence electrons. The molecule has 0 spiro atoms. The van der Waals surface area contributed by atoms with Crippen molar-refractivity contribution in [1.29, 1.82) is 0 Å². The van der Waals surface area contributed by atoms with Gasteiger partial charge >= 0.3 is 11.9 Å². The number of carbonyl (C=O) groups is 3. The van der Waals surface area contributed by atoms with E-state index in [0.29, 0.717) is 13.2 Å². The van der Waals surface area contributed by atoms with E-state index in [2.05, 4.69) is 0 Å². The lowest BCUT2D eigenvalue weighted by atomic mass is 9.96. The normalized spacial score (nSPS) is 21.8. The molecule has 0 aromatic heterocycles. The summed E-state index contributed by atoms with van der Waals surface area (Å²) in [5, 5.41) is 0. The van der Waals surface area contributed by atoms with Gasteiger partial charge in [-0.25, -0.2) is 0 Å². The molecule has 0 bridgehead atoms. The molecule has 0 radical (unpaired) electrons. The van der Waals surface area contributed by atoms with Crippen molar-refractivity contribution in [2.45, 2.75) is 52.4 Å². The van der Waals surface area contributed by atoms with Gasteiger partial charge in [0.25, 0.3) is 0 Å². The average molecular weight is 284 g/mol. The van der Waals surface area contributed by atoms with Crippen LogP contribution in [-0.2, 0) is 23.9 Å². The van der Waals surface area contributed by atoms with Crippen LogP contribution in [0.4, 0.5) is 0 Å². The topological polar surface area (TPSA) is 69.7 Å². The zero-order chi connectivity index (χ0) is 15.0. The number of rotatable bonds is 8. The quantitative estimate of drug-likeness (QED) is 0.505. The third-order valence-electron chi connectivity index (χ3n) is 3.47. The molecule has 1 fully saturated rings. The van der Waals surface area contributed by atoms with Gasteiger partial charge in [0.15, 0.2) is 0 Å². The zero-order valence-electron chi connectivity index (χ0n) is 12.4. The summed E-state index contributed by atoms with van der Waals surface area (Å²) < 4.78 is 10.2. The minimum absolute atomic E-state index is 0.0696. The number of ketones is 1. The Kier molecular flexibility index (Phi) is 7.26.